The summed E-state index contributed by atoms with van der Waals surface area (Å²) in [6, 6.07) is 5.92. The van der Waals surface area contributed by atoms with E-state index in [1.165, 1.54) is 12.8 Å². The van der Waals surface area contributed by atoms with Crippen LogP contribution in [0, 0.1) is 0 Å². The Kier molecular flexibility index (Phi) is 4.12. The maximum atomic E-state index is 11.9. The predicted molar refractivity (Wildman–Crippen MR) is 83.7 cm³/mol. The first kappa shape index (κ1) is 14.4. The maximum absolute atomic E-state index is 11.9. The minimum Gasteiger partial charge on any atom is -0.376 e. The molecule has 3 rings (SSSR count). The monoisotopic (exact) mass is 289 g/mol. The number of anilines is 2. The summed E-state index contributed by atoms with van der Waals surface area (Å²) in [5.41, 5.74) is 3.04. The molecule has 5 heteroatoms. The van der Waals surface area contributed by atoms with Gasteiger partial charge in [0.05, 0.1) is 6.10 Å². The number of nitrogens with zero attached hydrogens (tertiary/aromatic N) is 1. The number of likely N-dealkylation sites (N-methyl/N-ethyl adjacent to an activating group) is 2. The van der Waals surface area contributed by atoms with Crippen LogP contribution in [0.5, 0.6) is 0 Å². The number of hydrogen-bond acceptors (Lipinski definition) is 4. The van der Waals surface area contributed by atoms with Crippen LogP contribution >= 0.6 is 0 Å². The molecule has 2 atom stereocenters. The highest BCUT2D eigenvalue weighted by atomic mass is 16.5. The third-order valence-corrected chi connectivity index (χ3v) is 4.35. The largest absolute Gasteiger partial charge is 0.376 e. The Morgan fingerprint density at radius 1 is 1.43 bits per heavy atom. The van der Waals surface area contributed by atoms with E-state index in [0.29, 0.717) is 6.10 Å². The van der Waals surface area contributed by atoms with E-state index in [2.05, 4.69) is 28.6 Å². The molecule has 1 saturated heterocycles. The molecule has 1 aromatic rings. The van der Waals surface area contributed by atoms with Crippen molar-refractivity contribution in [2.45, 2.75) is 31.4 Å². The molecule has 0 saturated carbocycles. The van der Waals surface area contributed by atoms with Gasteiger partial charge in [0.15, 0.2) is 0 Å². The van der Waals surface area contributed by atoms with Gasteiger partial charge in [0.1, 0.15) is 6.04 Å². The number of hydrogen-bond donors (Lipinski definition) is 2. The molecule has 114 valence electrons. The maximum Gasteiger partial charge on any atom is 0.246 e. The lowest BCUT2D eigenvalue weighted by molar-refractivity contribution is -0.117. The van der Waals surface area contributed by atoms with Crippen molar-refractivity contribution in [1.82, 2.24) is 5.32 Å². The van der Waals surface area contributed by atoms with Gasteiger partial charge < -0.3 is 20.3 Å². The predicted octanol–water partition coefficient (Wildman–Crippen LogP) is 1.90. The summed E-state index contributed by atoms with van der Waals surface area (Å²) in [5.74, 6) is 0.0166. The molecule has 5 nitrogen and oxygen atoms in total. The number of ether oxygens (including phenoxy) is 1. The summed E-state index contributed by atoms with van der Waals surface area (Å²) in [6.45, 7) is 1.77. The topological polar surface area (TPSA) is 53.6 Å². The number of rotatable bonds is 4. The van der Waals surface area contributed by atoms with Gasteiger partial charge >= 0.3 is 0 Å². The van der Waals surface area contributed by atoms with E-state index in [0.717, 1.165) is 36.5 Å². The van der Waals surface area contributed by atoms with Crippen LogP contribution in [0.15, 0.2) is 18.2 Å². The van der Waals surface area contributed by atoms with Crippen LogP contribution in [0.2, 0.25) is 0 Å². The number of benzene rings is 1. The molecule has 1 fully saturated rings. The van der Waals surface area contributed by atoms with Gasteiger partial charge in [-0.3, -0.25) is 4.79 Å². The fourth-order valence-electron chi connectivity index (χ4n) is 3.14. The van der Waals surface area contributed by atoms with Crippen molar-refractivity contribution in [1.29, 1.82) is 0 Å². The second kappa shape index (κ2) is 6.03. The smallest absolute Gasteiger partial charge is 0.246 e. The molecule has 0 radical (unpaired) electrons. The zero-order chi connectivity index (χ0) is 14.8. The van der Waals surface area contributed by atoms with Crippen LogP contribution in [0.1, 0.15) is 30.9 Å². The van der Waals surface area contributed by atoms with Gasteiger partial charge in [0.2, 0.25) is 5.91 Å². The number of fused-ring (bicyclic) bond motifs is 1. The number of nitrogens with one attached hydrogen (secondary N) is 2. The van der Waals surface area contributed by atoms with Crippen LogP contribution < -0.4 is 15.5 Å². The number of carbonyl (C=O) groups is 1. The highest BCUT2D eigenvalue weighted by Crippen LogP contribution is 2.33. The summed E-state index contributed by atoms with van der Waals surface area (Å²) < 4.78 is 5.79. The lowest BCUT2D eigenvalue weighted by atomic mass is 10.1. The van der Waals surface area contributed by atoms with Crippen molar-refractivity contribution in [3.05, 3.63) is 23.8 Å². The zero-order valence-corrected chi connectivity index (χ0v) is 12.7. The first-order valence-electron chi connectivity index (χ1n) is 7.64. The van der Waals surface area contributed by atoms with Gasteiger partial charge in [-0.15, -0.1) is 0 Å². The second-order valence-electron chi connectivity index (χ2n) is 5.85. The molecule has 0 bridgehead atoms. The van der Waals surface area contributed by atoms with Crippen molar-refractivity contribution < 1.29 is 9.53 Å². The molecule has 0 aliphatic carbocycles. The van der Waals surface area contributed by atoms with E-state index in [1.807, 2.05) is 12.1 Å². The molecule has 1 aromatic carbocycles. The van der Waals surface area contributed by atoms with Gasteiger partial charge in [-0.1, -0.05) is 6.07 Å². The van der Waals surface area contributed by atoms with Gasteiger partial charge in [-0.2, -0.15) is 0 Å². The lowest BCUT2D eigenvalue weighted by Gasteiger charge is -2.29. The van der Waals surface area contributed by atoms with Crippen LogP contribution in [-0.2, 0) is 9.53 Å². The SMILES string of the molecule is CNC1C(=O)Nc2cc(N(C)CC3CCCCO3)ccc21. The van der Waals surface area contributed by atoms with Crippen LogP contribution in [-0.4, -0.2) is 39.3 Å². The van der Waals surface area contributed by atoms with E-state index in [9.17, 15) is 4.79 Å². The van der Waals surface area contributed by atoms with Crippen LogP contribution in [0.4, 0.5) is 11.4 Å². The minimum atomic E-state index is -0.235. The Balaban J connectivity index is 1.72. The molecule has 2 heterocycles. The van der Waals surface area contributed by atoms with E-state index >= 15 is 0 Å². The van der Waals surface area contributed by atoms with Gasteiger partial charge in [-0.05, 0) is 38.4 Å². The van der Waals surface area contributed by atoms with Crippen molar-refractivity contribution >= 4 is 17.3 Å². The Labute approximate surface area is 125 Å². The fourth-order valence-corrected chi connectivity index (χ4v) is 3.14. The van der Waals surface area contributed by atoms with E-state index in [4.69, 9.17) is 4.74 Å². The minimum absolute atomic E-state index is 0.0166. The summed E-state index contributed by atoms with van der Waals surface area (Å²) in [5, 5.41) is 5.98. The Hall–Kier alpha value is -1.59. The summed E-state index contributed by atoms with van der Waals surface area (Å²) in [7, 11) is 3.88. The van der Waals surface area contributed by atoms with Crippen molar-refractivity contribution in [3.63, 3.8) is 0 Å². The Bertz CT molecular complexity index is 526. The molecule has 2 aliphatic heterocycles. The first-order chi connectivity index (χ1) is 10.2. The number of amides is 1. The van der Waals surface area contributed by atoms with E-state index in [1.54, 1.807) is 7.05 Å². The van der Waals surface area contributed by atoms with Crippen LogP contribution in [0.25, 0.3) is 0 Å². The van der Waals surface area contributed by atoms with Crippen molar-refractivity contribution in [2.75, 3.05) is 37.5 Å². The third-order valence-electron chi connectivity index (χ3n) is 4.35. The normalized spacial score (nSPS) is 24.6. The van der Waals surface area contributed by atoms with E-state index in [-0.39, 0.29) is 11.9 Å². The standard InChI is InChI=1S/C16H23N3O2/c1-17-15-13-7-6-11(9-14(13)18-16(15)20)19(2)10-12-5-3-4-8-21-12/h6-7,9,12,15,17H,3-5,8,10H2,1-2H3,(H,18,20). The van der Waals surface area contributed by atoms with Gasteiger partial charge in [-0.25, -0.2) is 0 Å². The molecule has 2 unspecified atom stereocenters. The van der Waals surface area contributed by atoms with Crippen molar-refractivity contribution in [2.24, 2.45) is 0 Å². The summed E-state index contributed by atoms with van der Waals surface area (Å²) in [4.78, 5) is 14.1. The average molecular weight is 289 g/mol. The molecule has 2 N–H and O–H groups in total. The average Bonchev–Trinajstić information content (AvgIpc) is 2.82. The Morgan fingerprint density at radius 2 is 2.29 bits per heavy atom. The van der Waals surface area contributed by atoms with Gasteiger partial charge in [0.25, 0.3) is 0 Å². The molecule has 0 aromatic heterocycles. The highest BCUT2D eigenvalue weighted by Gasteiger charge is 2.29. The highest BCUT2D eigenvalue weighted by molar-refractivity contribution is 6.03. The van der Waals surface area contributed by atoms with Crippen LogP contribution in [0.3, 0.4) is 0 Å². The Morgan fingerprint density at radius 3 is 3.00 bits per heavy atom. The summed E-state index contributed by atoms with van der Waals surface area (Å²) >= 11 is 0. The summed E-state index contributed by atoms with van der Waals surface area (Å²) in [6.07, 6.45) is 3.88. The third kappa shape index (κ3) is 2.89. The lowest BCUT2D eigenvalue weighted by Crippen LogP contribution is -2.33. The molecule has 2 aliphatic rings. The van der Waals surface area contributed by atoms with Crippen molar-refractivity contribution in [3.8, 4) is 0 Å². The quantitative estimate of drug-likeness (QED) is 0.889. The molecule has 0 spiro atoms. The zero-order valence-electron chi connectivity index (χ0n) is 12.7. The second-order valence-corrected chi connectivity index (χ2v) is 5.85. The van der Waals surface area contributed by atoms with E-state index < -0.39 is 0 Å². The molecule has 1 amide bonds. The molecule has 21 heavy (non-hydrogen) atoms. The molecular formula is C16H23N3O2. The first-order valence-corrected chi connectivity index (χ1v) is 7.64. The molecular weight excluding hydrogens is 266 g/mol. The van der Waals surface area contributed by atoms with Gasteiger partial charge in [0, 0.05) is 37.1 Å². The number of carbonyl (C=O) groups excluding carboxylic acids is 1. The fraction of sp³-hybridized carbons (Fsp3) is 0.562.